The van der Waals surface area contributed by atoms with Gasteiger partial charge in [0.05, 0.1) is 71.3 Å². The molecule has 0 unspecified atom stereocenters. The quantitative estimate of drug-likeness (QED) is 0.137. The molecule has 9 heteroatoms. The molecular weight excluding hydrogens is 584 g/mol. The fourth-order valence-electron chi connectivity index (χ4n) is 5.33. The van der Waals surface area contributed by atoms with Crippen molar-refractivity contribution in [3.8, 4) is 0 Å². The van der Waals surface area contributed by atoms with Crippen LogP contribution >= 0.6 is 0 Å². The summed E-state index contributed by atoms with van der Waals surface area (Å²) in [6.45, 7) is 11.8. The third kappa shape index (κ3) is 12.3. The number of benzene rings is 2. The maximum absolute atomic E-state index is 6.66. The summed E-state index contributed by atoms with van der Waals surface area (Å²) < 4.78 is 34.2. The Morgan fingerprint density at radius 2 is 1.31 bits per heavy atom. The molecule has 0 spiro atoms. The van der Waals surface area contributed by atoms with Gasteiger partial charge in [-0.15, -0.1) is 0 Å². The molecule has 1 heterocycles. The largest absolute Gasteiger partial charge is 0.401 e. The van der Waals surface area contributed by atoms with E-state index in [4.69, 9.17) is 33.1 Å². The minimum atomic E-state index is -1.43. The van der Waals surface area contributed by atoms with Crippen molar-refractivity contribution >= 4 is 19.4 Å². The molecule has 0 N–H and O–H groups in total. The van der Waals surface area contributed by atoms with E-state index in [0.717, 1.165) is 37.2 Å². The summed E-state index contributed by atoms with van der Waals surface area (Å²) in [7, 11) is 0.233. The van der Waals surface area contributed by atoms with E-state index in [1.807, 2.05) is 12.3 Å². The number of nitrogens with zero attached hydrogens (tertiary/aromatic N) is 2. The Labute approximate surface area is 271 Å². The molecule has 1 aliphatic rings. The monoisotopic (exact) mass is 635 g/mol. The van der Waals surface area contributed by atoms with Crippen LogP contribution in [0.3, 0.4) is 0 Å². The molecule has 245 valence electrons. The van der Waals surface area contributed by atoms with Crippen LogP contribution < -0.4 is 10.4 Å². The van der Waals surface area contributed by atoms with Crippen molar-refractivity contribution in [2.45, 2.75) is 70.5 Å². The summed E-state index contributed by atoms with van der Waals surface area (Å²) in [5.41, 5.74) is 2.38. The highest BCUT2D eigenvalue weighted by Crippen LogP contribution is 2.32. The van der Waals surface area contributed by atoms with Gasteiger partial charge in [0.2, 0.25) is 0 Å². The van der Waals surface area contributed by atoms with E-state index in [0.29, 0.717) is 65.4 Å². The lowest BCUT2D eigenvalue weighted by Gasteiger charge is -2.28. The van der Waals surface area contributed by atoms with Crippen molar-refractivity contribution in [3.05, 3.63) is 83.9 Å². The van der Waals surface area contributed by atoms with E-state index in [1.165, 1.54) is 15.9 Å². The Morgan fingerprint density at radius 3 is 1.93 bits per heavy atom. The zero-order chi connectivity index (χ0) is 31.7. The summed E-state index contributed by atoms with van der Waals surface area (Å²) >= 11 is 0. The van der Waals surface area contributed by atoms with E-state index in [1.54, 1.807) is 7.11 Å². The first kappa shape index (κ1) is 35.4. The molecule has 0 aliphatic heterocycles. The minimum Gasteiger partial charge on any atom is -0.401 e. The maximum atomic E-state index is 6.66. The molecule has 1 fully saturated rings. The second-order valence-electron chi connectivity index (χ2n) is 12.4. The predicted octanol–water partition coefficient (Wildman–Crippen LogP) is 4.84. The summed E-state index contributed by atoms with van der Waals surface area (Å²) in [6, 6.07) is 21.5. The lowest BCUT2D eigenvalue weighted by molar-refractivity contribution is -0.0299. The molecule has 0 bridgehead atoms. The molecule has 4 rings (SSSR count). The van der Waals surface area contributed by atoms with Gasteiger partial charge in [0.25, 0.3) is 9.04 Å². The predicted molar refractivity (Wildman–Crippen MR) is 179 cm³/mol. The Balaban J connectivity index is 1.18. The van der Waals surface area contributed by atoms with Gasteiger partial charge in [-0.3, -0.25) is 0 Å². The number of hydrogen-bond acceptors (Lipinski definition) is 8. The van der Waals surface area contributed by atoms with Crippen LogP contribution in [0.25, 0.3) is 0 Å². The highest BCUT2D eigenvalue weighted by Gasteiger charge is 2.26. The van der Waals surface area contributed by atoms with Gasteiger partial charge in [0, 0.05) is 19.2 Å². The summed E-state index contributed by atoms with van der Waals surface area (Å²) in [5, 5.41) is 2.47. The van der Waals surface area contributed by atoms with Crippen molar-refractivity contribution in [2.24, 2.45) is 0 Å². The average Bonchev–Trinajstić information content (AvgIpc) is 3.06. The van der Waals surface area contributed by atoms with Crippen LogP contribution in [-0.2, 0) is 40.1 Å². The van der Waals surface area contributed by atoms with Crippen LogP contribution in [0.4, 0.5) is 0 Å². The van der Waals surface area contributed by atoms with Crippen molar-refractivity contribution in [1.29, 1.82) is 0 Å². The van der Waals surface area contributed by atoms with Gasteiger partial charge < -0.3 is 28.1 Å². The molecule has 1 radical (unpaired) electrons. The van der Waals surface area contributed by atoms with Gasteiger partial charge >= 0.3 is 0 Å². The lowest BCUT2D eigenvalue weighted by atomic mass is 9.87. The van der Waals surface area contributed by atoms with Gasteiger partial charge in [-0.25, -0.2) is 9.97 Å². The highest BCUT2D eigenvalue weighted by atomic mass is 28.3. The molecular formula is C36H51N2O6Si. The van der Waals surface area contributed by atoms with Crippen molar-refractivity contribution in [2.75, 3.05) is 60.0 Å². The minimum absolute atomic E-state index is 0.118. The Hall–Kier alpha value is -2.50. The van der Waals surface area contributed by atoms with Crippen molar-refractivity contribution in [1.82, 2.24) is 9.97 Å². The Bertz CT molecular complexity index is 1220. The first-order chi connectivity index (χ1) is 21.9. The Kier molecular flexibility index (Phi) is 15.1. The normalized spacial score (nSPS) is 17.2. The molecule has 8 nitrogen and oxygen atoms in total. The van der Waals surface area contributed by atoms with E-state index in [-0.39, 0.29) is 11.5 Å². The number of hydrogen-bond donors (Lipinski definition) is 0. The van der Waals surface area contributed by atoms with Gasteiger partial charge in [0.15, 0.2) is 0 Å². The average molecular weight is 636 g/mol. The molecule has 3 aromatic rings. The zero-order valence-corrected chi connectivity index (χ0v) is 28.5. The number of methoxy groups -OCH3 is 1. The molecule has 2 aromatic carbocycles. The van der Waals surface area contributed by atoms with Crippen LogP contribution in [0.5, 0.6) is 0 Å². The molecule has 0 saturated heterocycles. The summed E-state index contributed by atoms with van der Waals surface area (Å²) in [5.74, 6) is 1.27. The maximum Gasteiger partial charge on any atom is 0.283 e. The summed E-state index contributed by atoms with van der Waals surface area (Å²) in [6.07, 6.45) is 6.20. The summed E-state index contributed by atoms with van der Waals surface area (Å²) in [4.78, 5) is 9.61. The number of aromatic nitrogens is 2. The van der Waals surface area contributed by atoms with Crippen molar-refractivity contribution in [3.63, 3.8) is 0 Å². The topological polar surface area (TPSA) is 81.2 Å². The standard InChI is InChI=1S/C36H51N2O6Si/c1-36(2,3)30-12-16-34(17-13-30)45(33-8-6-5-7-9-33)44-28-31-18-19-37-35(38-31)29-10-14-32(15-11-29)43-27-26-42-25-24-41-23-22-40-21-20-39-4/h5-9,12-13,16-19,29,32H,10-11,14-15,20-28H2,1-4H3. The van der Waals surface area contributed by atoms with Crippen LogP contribution in [0, 0.1) is 0 Å². The van der Waals surface area contributed by atoms with Gasteiger partial charge in [-0.2, -0.15) is 0 Å². The van der Waals surface area contributed by atoms with Crippen LogP contribution in [0.1, 0.15) is 69.5 Å². The van der Waals surface area contributed by atoms with E-state index in [2.05, 4.69) is 80.4 Å². The first-order valence-electron chi connectivity index (χ1n) is 16.3. The second-order valence-corrected chi connectivity index (χ2v) is 14.5. The second kappa shape index (κ2) is 19.2. The fourth-order valence-corrected chi connectivity index (χ4v) is 7.25. The third-order valence-electron chi connectivity index (χ3n) is 7.94. The van der Waals surface area contributed by atoms with Crippen LogP contribution in [0.2, 0.25) is 0 Å². The number of rotatable bonds is 19. The zero-order valence-electron chi connectivity index (χ0n) is 27.5. The fraction of sp³-hybridized carbons (Fsp3) is 0.556. The van der Waals surface area contributed by atoms with E-state index in [9.17, 15) is 0 Å². The smallest absolute Gasteiger partial charge is 0.283 e. The molecule has 0 amide bonds. The molecule has 1 saturated carbocycles. The lowest BCUT2D eigenvalue weighted by Crippen LogP contribution is -2.45. The van der Waals surface area contributed by atoms with E-state index >= 15 is 0 Å². The third-order valence-corrected chi connectivity index (χ3v) is 10.1. The molecule has 45 heavy (non-hydrogen) atoms. The Morgan fingerprint density at radius 1 is 0.711 bits per heavy atom. The molecule has 1 aliphatic carbocycles. The molecule has 1 aromatic heterocycles. The first-order valence-corrected chi connectivity index (χ1v) is 17.7. The van der Waals surface area contributed by atoms with Gasteiger partial charge in [0.1, 0.15) is 5.82 Å². The van der Waals surface area contributed by atoms with Crippen molar-refractivity contribution < 1.29 is 28.1 Å². The van der Waals surface area contributed by atoms with Gasteiger partial charge in [-0.05, 0) is 53.1 Å². The highest BCUT2D eigenvalue weighted by molar-refractivity contribution is 6.80. The van der Waals surface area contributed by atoms with E-state index < -0.39 is 9.04 Å². The molecule has 0 atom stereocenters. The van der Waals surface area contributed by atoms with Crippen LogP contribution in [0.15, 0.2) is 66.9 Å². The SMILES string of the molecule is COCCOCCOCCOCCOC1CCC(c2nccc(CO[Si](c3ccccc3)c3ccc(C(C)(C)C)cc3)n2)CC1. The van der Waals surface area contributed by atoms with Crippen LogP contribution in [-0.4, -0.2) is 85.1 Å². The van der Waals surface area contributed by atoms with Gasteiger partial charge in [-0.1, -0.05) is 75.4 Å². The number of ether oxygens (including phenoxy) is 5.